The molecule has 0 aliphatic heterocycles. The van der Waals surface area contributed by atoms with Gasteiger partial charge in [-0.3, -0.25) is 9.59 Å². The molecule has 3 aromatic carbocycles. The number of likely N-dealkylation sites (N-methyl/N-ethyl adjacent to an activating group) is 1. The number of nitrogens with zero attached hydrogens (tertiary/aromatic N) is 3. The van der Waals surface area contributed by atoms with Gasteiger partial charge in [0.05, 0.1) is 17.9 Å². The Bertz CT molecular complexity index is 1330. The zero-order valence-corrected chi connectivity index (χ0v) is 21.1. The smallest absolute Gasteiger partial charge is 0.245 e. The first-order valence-electron chi connectivity index (χ1n) is 12.3. The highest BCUT2D eigenvalue weighted by Crippen LogP contribution is 2.34. The molecular formula is C30H32N4O2. The van der Waals surface area contributed by atoms with Crippen molar-refractivity contribution in [3.63, 3.8) is 0 Å². The van der Waals surface area contributed by atoms with Crippen LogP contribution in [-0.2, 0) is 16.0 Å². The number of carbonyl (C=O) groups excluding carboxylic acids is 2. The summed E-state index contributed by atoms with van der Waals surface area (Å²) in [5.74, 6) is 0.311. The summed E-state index contributed by atoms with van der Waals surface area (Å²) in [4.78, 5) is 27.8. The second-order valence-electron chi connectivity index (χ2n) is 8.82. The van der Waals surface area contributed by atoms with E-state index >= 15 is 0 Å². The standard InChI is InChI=1S/C30H32N4O2/c1-4-33(28(36)20-19-24-14-7-5-8-15-24)21-27(35)31-30-29(25-16-9-6-10-17-25)23(3)32-34(30)26-18-12-11-13-22(26)2/h5-18H,4,19-21H2,1-3H3,(H,31,35). The van der Waals surface area contributed by atoms with Gasteiger partial charge in [-0.05, 0) is 49.9 Å². The van der Waals surface area contributed by atoms with Crippen LogP contribution in [0.25, 0.3) is 16.8 Å². The van der Waals surface area contributed by atoms with Gasteiger partial charge in [0.25, 0.3) is 0 Å². The molecule has 1 heterocycles. The normalized spacial score (nSPS) is 10.8. The van der Waals surface area contributed by atoms with E-state index in [0.717, 1.165) is 33.6 Å². The Labute approximate surface area is 212 Å². The number of benzene rings is 3. The quantitative estimate of drug-likeness (QED) is 0.340. The van der Waals surface area contributed by atoms with Crippen molar-refractivity contribution in [3.8, 4) is 16.8 Å². The molecule has 0 radical (unpaired) electrons. The van der Waals surface area contributed by atoms with Crippen molar-refractivity contribution in [2.45, 2.75) is 33.6 Å². The van der Waals surface area contributed by atoms with E-state index in [1.54, 1.807) is 9.58 Å². The van der Waals surface area contributed by atoms with E-state index in [4.69, 9.17) is 5.10 Å². The molecule has 0 atom stereocenters. The topological polar surface area (TPSA) is 67.2 Å². The van der Waals surface area contributed by atoms with Crippen LogP contribution in [0, 0.1) is 13.8 Å². The van der Waals surface area contributed by atoms with Crippen molar-refractivity contribution in [2.75, 3.05) is 18.4 Å². The Balaban J connectivity index is 1.58. The summed E-state index contributed by atoms with van der Waals surface area (Å²) in [5.41, 5.74) is 5.69. The third-order valence-corrected chi connectivity index (χ3v) is 6.26. The minimum Gasteiger partial charge on any atom is -0.334 e. The van der Waals surface area contributed by atoms with Gasteiger partial charge in [0.2, 0.25) is 11.8 Å². The van der Waals surface area contributed by atoms with Crippen LogP contribution < -0.4 is 5.32 Å². The van der Waals surface area contributed by atoms with Crippen LogP contribution in [0.15, 0.2) is 84.9 Å². The van der Waals surface area contributed by atoms with Gasteiger partial charge in [0, 0.05) is 18.5 Å². The lowest BCUT2D eigenvalue weighted by Crippen LogP contribution is -2.38. The Hall–Kier alpha value is -4.19. The number of aromatic nitrogens is 2. The maximum atomic E-state index is 13.3. The lowest BCUT2D eigenvalue weighted by atomic mass is 10.1. The van der Waals surface area contributed by atoms with E-state index < -0.39 is 0 Å². The van der Waals surface area contributed by atoms with Crippen molar-refractivity contribution in [1.82, 2.24) is 14.7 Å². The van der Waals surface area contributed by atoms with Crippen molar-refractivity contribution in [1.29, 1.82) is 0 Å². The highest BCUT2D eigenvalue weighted by atomic mass is 16.2. The van der Waals surface area contributed by atoms with E-state index in [-0.39, 0.29) is 18.4 Å². The van der Waals surface area contributed by atoms with Gasteiger partial charge in [-0.25, -0.2) is 4.68 Å². The number of rotatable bonds is 9. The summed E-state index contributed by atoms with van der Waals surface area (Å²) in [7, 11) is 0. The lowest BCUT2D eigenvalue weighted by molar-refractivity contribution is -0.134. The molecule has 4 aromatic rings. The van der Waals surface area contributed by atoms with Crippen molar-refractivity contribution in [3.05, 3.63) is 102 Å². The molecule has 0 aliphatic rings. The molecule has 6 heteroatoms. The molecule has 0 unspecified atom stereocenters. The van der Waals surface area contributed by atoms with Crippen LogP contribution in [-0.4, -0.2) is 39.6 Å². The Morgan fingerprint density at radius 1 is 0.889 bits per heavy atom. The van der Waals surface area contributed by atoms with Gasteiger partial charge < -0.3 is 10.2 Å². The number of para-hydroxylation sites is 1. The maximum Gasteiger partial charge on any atom is 0.245 e. The van der Waals surface area contributed by atoms with Crippen LogP contribution in [0.4, 0.5) is 5.82 Å². The Morgan fingerprint density at radius 3 is 2.19 bits per heavy atom. The number of hydrogen-bond acceptors (Lipinski definition) is 3. The van der Waals surface area contributed by atoms with Gasteiger partial charge >= 0.3 is 0 Å². The summed E-state index contributed by atoms with van der Waals surface area (Å²) in [6.07, 6.45) is 1.01. The summed E-state index contributed by atoms with van der Waals surface area (Å²) in [6, 6.07) is 27.8. The van der Waals surface area contributed by atoms with Crippen LogP contribution >= 0.6 is 0 Å². The molecule has 2 amide bonds. The molecule has 0 aliphatic carbocycles. The number of aryl methyl sites for hydroxylation is 3. The van der Waals surface area contributed by atoms with E-state index in [0.29, 0.717) is 25.2 Å². The van der Waals surface area contributed by atoms with Crippen LogP contribution in [0.1, 0.15) is 30.2 Å². The maximum absolute atomic E-state index is 13.3. The molecule has 6 nitrogen and oxygen atoms in total. The third-order valence-electron chi connectivity index (χ3n) is 6.26. The molecule has 1 aromatic heterocycles. The van der Waals surface area contributed by atoms with Gasteiger partial charge in [0.15, 0.2) is 0 Å². The average molecular weight is 481 g/mol. The van der Waals surface area contributed by atoms with E-state index in [1.807, 2.05) is 106 Å². The van der Waals surface area contributed by atoms with Crippen LogP contribution in [0.2, 0.25) is 0 Å². The first-order valence-corrected chi connectivity index (χ1v) is 12.3. The first-order chi connectivity index (χ1) is 17.5. The van der Waals surface area contributed by atoms with E-state index in [1.165, 1.54) is 0 Å². The monoisotopic (exact) mass is 480 g/mol. The molecule has 4 rings (SSSR count). The number of hydrogen-bond donors (Lipinski definition) is 1. The van der Waals surface area contributed by atoms with Gasteiger partial charge in [-0.15, -0.1) is 0 Å². The summed E-state index contributed by atoms with van der Waals surface area (Å²) < 4.78 is 1.79. The predicted molar refractivity (Wildman–Crippen MR) is 144 cm³/mol. The molecule has 0 saturated heterocycles. The van der Waals surface area contributed by atoms with Crippen molar-refractivity contribution < 1.29 is 9.59 Å². The highest BCUT2D eigenvalue weighted by Gasteiger charge is 2.22. The Kier molecular flexibility index (Phi) is 7.95. The fraction of sp³-hybridized carbons (Fsp3) is 0.233. The Morgan fingerprint density at radius 2 is 1.53 bits per heavy atom. The SMILES string of the molecule is CCN(CC(=O)Nc1c(-c2ccccc2)c(C)nn1-c1ccccc1C)C(=O)CCc1ccccc1. The second kappa shape index (κ2) is 11.5. The highest BCUT2D eigenvalue weighted by molar-refractivity contribution is 5.98. The largest absolute Gasteiger partial charge is 0.334 e. The number of carbonyl (C=O) groups is 2. The average Bonchev–Trinajstić information content (AvgIpc) is 3.22. The molecule has 0 spiro atoms. The fourth-order valence-electron chi connectivity index (χ4n) is 4.34. The van der Waals surface area contributed by atoms with Gasteiger partial charge in [-0.2, -0.15) is 5.10 Å². The molecule has 0 saturated carbocycles. The first kappa shape index (κ1) is 24.9. The predicted octanol–water partition coefficient (Wildman–Crippen LogP) is 5.58. The summed E-state index contributed by atoms with van der Waals surface area (Å²) in [5, 5.41) is 7.88. The molecular weight excluding hydrogens is 448 g/mol. The minimum atomic E-state index is -0.253. The van der Waals surface area contributed by atoms with Crippen LogP contribution in [0.3, 0.4) is 0 Å². The lowest BCUT2D eigenvalue weighted by Gasteiger charge is -2.21. The molecule has 0 bridgehead atoms. The third kappa shape index (κ3) is 5.71. The fourth-order valence-corrected chi connectivity index (χ4v) is 4.34. The molecule has 1 N–H and O–H groups in total. The second-order valence-corrected chi connectivity index (χ2v) is 8.82. The molecule has 184 valence electrons. The number of amides is 2. The summed E-state index contributed by atoms with van der Waals surface area (Å²) in [6.45, 7) is 6.30. The van der Waals surface area contributed by atoms with Gasteiger partial charge in [0.1, 0.15) is 5.82 Å². The van der Waals surface area contributed by atoms with Crippen molar-refractivity contribution >= 4 is 17.6 Å². The van der Waals surface area contributed by atoms with Crippen LogP contribution in [0.5, 0.6) is 0 Å². The van der Waals surface area contributed by atoms with E-state index in [2.05, 4.69) is 5.32 Å². The zero-order valence-electron chi connectivity index (χ0n) is 21.1. The molecule has 36 heavy (non-hydrogen) atoms. The number of anilines is 1. The minimum absolute atomic E-state index is 0.0175. The molecule has 0 fully saturated rings. The zero-order chi connectivity index (χ0) is 25.5. The number of nitrogens with one attached hydrogen (secondary N) is 1. The van der Waals surface area contributed by atoms with E-state index in [9.17, 15) is 9.59 Å². The summed E-state index contributed by atoms with van der Waals surface area (Å²) >= 11 is 0. The van der Waals surface area contributed by atoms with Crippen molar-refractivity contribution in [2.24, 2.45) is 0 Å². The van der Waals surface area contributed by atoms with Gasteiger partial charge in [-0.1, -0.05) is 78.9 Å².